The lowest BCUT2D eigenvalue weighted by Crippen LogP contribution is -2.40. The molecule has 3 heterocycles. The molecule has 3 aliphatic rings. The van der Waals surface area contributed by atoms with Gasteiger partial charge in [-0.25, -0.2) is 0 Å². The van der Waals surface area contributed by atoms with Crippen LogP contribution in [0.3, 0.4) is 0 Å². The van der Waals surface area contributed by atoms with E-state index < -0.39 is 17.4 Å². The van der Waals surface area contributed by atoms with Crippen LogP contribution in [-0.4, -0.2) is 41.6 Å². The minimum Gasteiger partial charge on any atom is -0.465 e. The zero-order chi connectivity index (χ0) is 17.4. The molecule has 0 saturated carbocycles. The summed E-state index contributed by atoms with van der Waals surface area (Å²) in [6.07, 6.45) is 5.36. The number of nitrogens with zero attached hydrogens (tertiary/aromatic N) is 1. The Kier molecular flexibility index (Phi) is 4.12. The van der Waals surface area contributed by atoms with Gasteiger partial charge in [0, 0.05) is 6.54 Å². The fourth-order valence-electron chi connectivity index (χ4n) is 4.20. The number of benzene rings is 1. The quantitative estimate of drug-likeness (QED) is 0.453. The second-order valence-electron chi connectivity index (χ2n) is 7.10. The first kappa shape index (κ1) is 16.3. The summed E-state index contributed by atoms with van der Waals surface area (Å²) in [5, 5.41) is 0. The summed E-state index contributed by atoms with van der Waals surface area (Å²) < 4.78 is 11.5. The van der Waals surface area contributed by atoms with Crippen molar-refractivity contribution in [3.63, 3.8) is 0 Å². The second kappa shape index (κ2) is 6.30. The molecule has 4 rings (SSSR count). The normalized spacial score (nSPS) is 32.3. The van der Waals surface area contributed by atoms with Gasteiger partial charge in [-0.3, -0.25) is 9.59 Å². The van der Waals surface area contributed by atoms with Gasteiger partial charge in [0.15, 0.2) is 0 Å². The van der Waals surface area contributed by atoms with Crippen LogP contribution >= 0.6 is 0 Å². The number of carbonyl (C=O) groups excluding carboxylic acids is 2. The lowest BCUT2D eigenvalue weighted by Gasteiger charge is -2.22. The van der Waals surface area contributed by atoms with E-state index in [-0.39, 0.29) is 18.0 Å². The molecular weight excluding hydrogens is 318 g/mol. The van der Waals surface area contributed by atoms with Crippen molar-refractivity contribution < 1.29 is 19.1 Å². The highest BCUT2D eigenvalue weighted by Gasteiger charge is 2.67. The van der Waals surface area contributed by atoms with E-state index in [2.05, 4.69) is 0 Å². The van der Waals surface area contributed by atoms with Gasteiger partial charge in [-0.2, -0.15) is 0 Å². The molecule has 1 aromatic rings. The molecule has 25 heavy (non-hydrogen) atoms. The topological polar surface area (TPSA) is 55.8 Å². The maximum atomic E-state index is 13.0. The number of amides is 1. The Morgan fingerprint density at radius 1 is 1.36 bits per heavy atom. The van der Waals surface area contributed by atoms with Crippen molar-refractivity contribution in [2.45, 2.75) is 38.0 Å². The minimum atomic E-state index is -0.662. The van der Waals surface area contributed by atoms with E-state index in [1.807, 2.05) is 49.4 Å². The highest BCUT2D eigenvalue weighted by atomic mass is 16.6. The van der Waals surface area contributed by atoms with Crippen LogP contribution in [0.5, 0.6) is 0 Å². The van der Waals surface area contributed by atoms with Gasteiger partial charge in [-0.15, -0.1) is 0 Å². The lowest BCUT2D eigenvalue weighted by atomic mass is 9.77. The average Bonchev–Trinajstić information content (AvgIpc) is 3.25. The first-order chi connectivity index (χ1) is 12.1. The predicted molar refractivity (Wildman–Crippen MR) is 91.5 cm³/mol. The molecule has 2 fully saturated rings. The molecule has 1 spiro atoms. The molecule has 0 N–H and O–H groups in total. The largest absolute Gasteiger partial charge is 0.465 e. The number of fused-ring (bicyclic) bond motifs is 1. The molecule has 0 unspecified atom stereocenters. The van der Waals surface area contributed by atoms with Crippen LogP contribution in [-0.2, 0) is 25.6 Å². The van der Waals surface area contributed by atoms with E-state index >= 15 is 0 Å². The van der Waals surface area contributed by atoms with Gasteiger partial charge in [0.1, 0.15) is 11.5 Å². The number of carbonyl (C=O) groups is 2. The fourth-order valence-corrected chi connectivity index (χ4v) is 4.20. The molecule has 2 bridgehead atoms. The Bertz CT molecular complexity index is 701. The van der Waals surface area contributed by atoms with E-state index in [1.165, 1.54) is 0 Å². The number of rotatable bonds is 6. The molecular formula is C20H23NO4. The van der Waals surface area contributed by atoms with E-state index in [0.29, 0.717) is 19.7 Å². The van der Waals surface area contributed by atoms with Crippen LogP contribution in [0.1, 0.15) is 25.3 Å². The second-order valence-corrected chi connectivity index (χ2v) is 7.10. The maximum absolute atomic E-state index is 13.0. The summed E-state index contributed by atoms with van der Waals surface area (Å²) in [7, 11) is 0. The third-order valence-corrected chi connectivity index (χ3v) is 5.41. The zero-order valence-corrected chi connectivity index (χ0v) is 14.4. The van der Waals surface area contributed by atoms with E-state index in [4.69, 9.17) is 9.47 Å². The van der Waals surface area contributed by atoms with Crippen LogP contribution in [0.4, 0.5) is 0 Å². The Hall–Kier alpha value is -2.14. The van der Waals surface area contributed by atoms with Crippen molar-refractivity contribution in [1.29, 1.82) is 0 Å². The molecule has 3 aliphatic heterocycles. The molecule has 4 atom stereocenters. The zero-order valence-electron chi connectivity index (χ0n) is 14.4. The average molecular weight is 341 g/mol. The van der Waals surface area contributed by atoms with Gasteiger partial charge < -0.3 is 14.4 Å². The summed E-state index contributed by atoms with van der Waals surface area (Å²) in [6, 6.07) is 9.89. The maximum Gasteiger partial charge on any atom is 0.312 e. The third kappa shape index (κ3) is 2.67. The SMILES string of the molecule is CCCCOC(=O)[C@H]1[C@H]2C(=O)N(Cc3ccccc3)C[C@]23C=C[C@H]1O3. The van der Waals surface area contributed by atoms with Gasteiger partial charge in [-0.05, 0) is 12.0 Å². The van der Waals surface area contributed by atoms with Crippen LogP contribution in [0, 0.1) is 11.8 Å². The molecule has 0 aromatic heterocycles. The molecule has 5 heteroatoms. The molecule has 5 nitrogen and oxygen atoms in total. The molecule has 1 aromatic carbocycles. The van der Waals surface area contributed by atoms with E-state index in [0.717, 1.165) is 18.4 Å². The Balaban J connectivity index is 1.52. The van der Waals surface area contributed by atoms with Gasteiger partial charge in [-0.1, -0.05) is 55.8 Å². The third-order valence-electron chi connectivity index (χ3n) is 5.41. The summed E-state index contributed by atoms with van der Waals surface area (Å²) >= 11 is 0. The van der Waals surface area contributed by atoms with Crippen LogP contribution in [0.15, 0.2) is 42.5 Å². The molecule has 1 amide bonds. The van der Waals surface area contributed by atoms with Crippen molar-refractivity contribution in [1.82, 2.24) is 4.90 Å². The van der Waals surface area contributed by atoms with Crippen molar-refractivity contribution in [2.75, 3.05) is 13.2 Å². The van der Waals surface area contributed by atoms with Gasteiger partial charge in [0.05, 0.1) is 25.2 Å². The predicted octanol–water partition coefficient (Wildman–Crippen LogP) is 2.31. The lowest BCUT2D eigenvalue weighted by molar-refractivity contribution is -0.154. The Morgan fingerprint density at radius 2 is 2.16 bits per heavy atom. The summed E-state index contributed by atoms with van der Waals surface area (Å²) in [4.78, 5) is 27.4. The fraction of sp³-hybridized carbons (Fsp3) is 0.500. The number of esters is 1. The highest BCUT2D eigenvalue weighted by Crippen LogP contribution is 2.52. The number of unbranched alkanes of at least 4 members (excludes halogenated alkanes) is 1. The van der Waals surface area contributed by atoms with Crippen LogP contribution < -0.4 is 0 Å². The first-order valence-corrected chi connectivity index (χ1v) is 9.01. The van der Waals surface area contributed by atoms with Crippen molar-refractivity contribution in [2.24, 2.45) is 11.8 Å². The summed E-state index contributed by atoms with van der Waals surface area (Å²) in [6.45, 7) is 3.49. The Morgan fingerprint density at radius 3 is 2.92 bits per heavy atom. The number of hydrogen-bond acceptors (Lipinski definition) is 4. The van der Waals surface area contributed by atoms with Gasteiger partial charge in [0.2, 0.25) is 5.91 Å². The smallest absolute Gasteiger partial charge is 0.312 e. The number of likely N-dealkylation sites (tertiary alicyclic amines) is 1. The summed E-state index contributed by atoms with van der Waals surface area (Å²) in [5.41, 5.74) is 0.415. The van der Waals surface area contributed by atoms with Crippen molar-refractivity contribution >= 4 is 11.9 Å². The Labute approximate surface area is 147 Å². The first-order valence-electron chi connectivity index (χ1n) is 9.01. The van der Waals surface area contributed by atoms with Gasteiger partial charge >= 0.3 is 5.97 Å². The van der Waals surface area contributed by atoms with Gasteiger partial charge in [0.25, 0.3) is 0 Å². The molecule has 132 valence electrons. The molecule has 0 aliphatic carbocycles. The van der Waals surface area contributed by atoms with Crippen LogP contribution in [0.2, 0.25) is 0 Å². The van der Waals surface area contributed by atoms with Crippen molar-refractivity contribution in [3.05, 3.63) is 48.0 Å². The highest BCUT2D eigenvalue weighted by molar-refractivity contribution is 5.91. The minimum absolute atomic E-state index is 0.00635. The molecule has 2 saturated heterocycles. The van der Waals surface area contributed by atoms with Crippen LogP contribution in [0.25, 0.3) is 0 Å². The summed E-state index contributed by atoms with van der Waals surface area (Å²) in [5.74, 6) is -1.28. The standard InChI is InChI=1S/C20H23NO4/c1-2-3-11-24-19(23)16-15-9-10-20(25-15)13-21(18(22)17(16)20)12-14-7-5-4-6-8-14/h4-10,15-17H,2-3,11-13H2,1H3/t15-,16-,17+,20-/m1/s1. The number of hydrogen-bond donors (Lipinski definition) is 0. The van der Waals surface area contributed by atoms with Crippen molar-refractivity contribution in [3.8, 4) is 0 Å². The number of ether oxygens (including phenoxy) is 2. The van der Waals surface area contributed by atoms with E-state index in [9.17, 15) is 9.59 Å². The monoisotopic (exact) mass is 341 g/mol. The molecule has 0 radical (unpaired) electrons. The van der Waals surface area contributed by atoms with E-state index in [1.54, 1.807) is 4.90 Å².